The highest BCUT2D eigenvalue weighted by atomic mass is 16.5. The Morgan fingerprint density at radius 3 is 1.92 bits per heavy atom. The zero-order valence-electron chi connectivity index (χ0n) is 7.41. The fourth-order valence-electron chi connectivity index (χ4n) is 4.74. The Morgan fingerprint density at radius 1 is 0.750 bits per heavy atom. The van der Waals surface area contributed by atoms with Gasteiger partial charge in [0.05, 0.1) is 12.2 Å². The molecule has 2 saturated heterocycles. The molecule has 0 aromatic rings. The van der Waals surface area contributed by atoms with Crippen molar-refractivity contribution in [1.82, 2.24) is 0 Å². The molecule has 2 saturated carbocycles. The number of fused-ring (bicyclic) bond motifs is 9. The molecule has 4 rings (SSSR count). The second kappa shape index (κ2) is 1.89. The van der Waals surface area contributed by atoms with Gasteiger partial charge in [-0.15, -0.1) is 0 Å². The number of ether oxygens (including phenoxy) is 1. The highest BCUT2D eigenvalue weighted by Crippen LogP contribution is 2.62. The second-order valence-corrected chi connectivity index (χ2v) is 5.28. The van der Waals surface area contributed by atoms with Crippen molar-refractivity contribution in [2.24, 2.45) is 23.7 Å². The van der Waals surface area contributed by atoms with Crippen LogP contribution in [0.15, 0.2) is 0 Å². The molecule has 2 aliphatic heterocycles. The van der Waals surface area contributed by atoms with E-state index in [4.69, 9.17) is 4.74 Å². The van der Waals surface area contributed by atoms with E-state index in [0.29, 0.717) is 12.2 Å². The molecule has 66 valence electrons. The first-order chi connectivity index (χ1) is 5.93. The van der Waals surface area contributed by atoms with Gasteiger partial charge in [-0.25, -0.2) is 0 Å². The van der Waals surface area contributed by atoms with Crippen LogP contribution in [-0.2, 0) is 4.74 Å². The number of rotatable bonds is 0. The average Bonchev–Trinajstić information content (AvgIpc) is 2.83. The summed E-state index contributed by atoms with van der Waals surface area (Å²) in [5, 5.41) is 0. The third kappa shape index (κ3) is 0.555. The molecule has 0 aromatic heterocycles. The molecule has 1 nitrogen and oxygen atoms in total. The van der Waals surface area contributed by atoms with Gasteiger partial charge < -0.3 is 4.74 Å². The molecule has 4 aliphatic rings. The van der Waals surface area contributed by atoms with Crippen molar-refractivity contribution in [3.05, 3.63) is 0 Å². The third-order valence-corrected chi connectivity index (χ3v) is 4.99. The van der Waals surface area contributed by atoms with Gasteiger partial charge >= 0.3 is 0 Å². The van der Waals surface area contributed by atoms with Crippen molar-refractivity contribution in [2.75, 3.05) is 0 Å². The van der Waals surface area contributed by atoms with Crippen LogP contribution in [0.25, 0.3) is 0 Å². The highest BCUT2D eigenvalue weighted by molar-refractivity contribution is 5.08. The minimum absolute atomic E-state index is 0.704. The van der Waals surface area contributed by atoms with Gasteiger partial charge in [0.1, 0.15) is 0 Å². The second-order valence-electron chi connectivity index (χ2n) is 5.28. The van der Waals surface area contributed by atoms with E-state index in [9.17, 15) is 0 Å². The largest absolute Gasteiger partial charge is 0.374 e. The predicted octanol–water partition coefficient (Wildman–Crippen LogP) is 2.21. The first kappa shape index (κ1) is 6.42. The molecule has 0 amide bonds. The molecule has 0 aromatic carbocycles. The zero-order valence-corrected chi connectivity index (χ0v) is 7.41. The summed E-state index contributed by atoms with van der Waals surface area (Å²) in [6.07, 6.45) is 8.79. The van der Waals surface area contributed by atoms with E-state index < -0.39 is 0 Å². The monoisotopic (exact) mass is 164 g/mol. The molecule has 6 unspecified atom stereocenters. The Balaban J connectivity index is 1.77. The van der Waals surface area contributed by atoms with Gasteiger partial charge in [-0.3, -0.25) is 0 Å². The maximum absolute atomic E-state index is 6.02. The quantitative estimate of drug-likeness (QED) is 0.533. The van der Waals surface area contributed by atoms with E-state index in [2.05, 4.69) is 0 Å². The predicted molar refractivity (Wildman–Crippen MR) is 45.7 cm³/mol. The van der Waals surface area contributed by atoms with E-state index >= 15 is 0 Å². The molecule has 4 bridgehead atoms. The Labute approximate surface area is 73.5 Å². The Bertz CT molecular complexity index is 181. The Kier molecular flexibility index (Phi) is 1.01. The van der Waals surface area contributed by atoms with Crippen molar-refractivity contribution >= 4 is 0 Å². The van der Waals surface area contributed by atoms with Crippen LogP contribution in [0.3, 0.4) is 0 Å². The zero-order chi connectivity index (χ0) is 7.71. The van der Waals surface area contributed by atoms with Gasteiger partial charge in [-0.05, 0) is 55.8 Å². The normalized spacial score (nSPS) is 66.0. The maximum atomic E-state index is 6.02. The van der Waals surface area contributed by atoms with Crippen LogP contribution in [-0.4, -0.2) is 12.2 Å². The lowest BCUT2D eigenvalue weighted by molar-refractivity contribution is 0.0736. The van der Waals surface area contributed by atoms with Crippen LogP contribution >= 0.6 is 0 Å². The Morgan fingerprint density at radius 2 is 1.33 bits per heavy atom. The molecule has 12 heavy (non-hydrogen) atoms. The van der Waals surface area contributed by atoms with Crippen LogP contribution in [0.1, 0.15) is 32.1 Å². The first-order valence-electron chi connectivity index (χ1n) is 5.59. The van der Waals surface area contributed by atoms with E-state index in [0.717, 1.165) is 23.7 Å². The molecule has 4 fully saturated rings. The highest BCUT2D eigenvalue weighted by Gasteiger charge is 2.60. The van der Waals surface area contributed by atoms with Gasteiger partial charge in [-0.2, -0.15) is 0 Å². The number of hydrogen-bond acceptors (Lipinski definition) is 1. The minimum Gasteiger partial charge on any atom is -0.374 e. The molecule has 1 heteroatoms. The van der Waals surface area contributed by atoms with Gasteiger partial charge in [-0.1, -0.05) is 0 Å². The van der Waals surface area contributed by atoms with Crippen LogP contribution in [0.4, 0.5) is 0 Å². The lowest BCUT2D eigenvalue weighted by Crippen LogP contribution is -2.31. The first-order valence-corrected chi connectivity index (χ1v) is 5.59. The van der Waals surface area contributed by atoms with Gasteiger partial charge in [0.2, 0.25) is 0 Å². The summed E-state index contributed by atoms with van der Waals surface area (Å²) in [6.45, 7) is 0. The fourth-order valence-corrected chi connectivity index (χ4v) is 4.74. The smallest absolute Gasteiger partial charge is 0.0614 e. The topological polar surface area (TPSA) is 9.23 Å². The summed E-state index contributed by atoms with van der Waals surface area (Å²) in [5.74, 6) is 4.19. The summed E-state index contributed by atoms with van der Waals surface area (Å²) in [5.41, 5.74) is 0. The Hall–Kier alpha value is -0.0400. The molecule has 0 N–H and O–H groups in total. The van der Waals surface area contributed by atoms with E-state index in [1.807, 2.05) is 0 Å². The molecule has 0 spiro atoms. The minimum atomic E-state index is 0.704. The lowest BCUT2D eigenvalue weighted by atomic mass is 9.71. The summed E-state index contributed by atoms with van der Waals surface area (Å²) in [7, 11) is 0. The molecular weight excluding hydrogens is 148 g/mol. The third-order valence-electron chi connectivity index (χ3n) is 4.99. The summed E-state index contributed by atoms with van der Waals surface area (Å²) < 4.78 is 6.02. The van der Waals surface area contributed by atoms with E-state index in [1.165, 1.54) is 25.7 Å². The van der Waals surface area contributed by atoms with Crippen molar-refractivity contribution < 1.29 is 4.74 Å². The summed E-state index contributed by atoms with van der Waals surface area (Å²) in [4.78, 5) is 0. The molecule has 6 atom stereocenters. The van der Waals surface area contributed by atoms with Crippen LogP contribution in [0, 0.1) is 23.7 Å². The van der Waals surface area contributed by atoms with E-state index in [1.54, 1.807) is 6.42 Å². The van der Waals surface area contributed by atoms with Crippen LogP contribution in [0.2, 0.25) is 0 Å². The molecule has 0 radical (unpaired) electrons. The molecular formula is C11H16O. The van der Waals surface area contributed by atoms with Crippen molar-refractivity contribution in [3.63, 3.8) is 0 Å². The van der Waals surface area contributed by atoms with E-state index in [-0.39, 0.29) is 0 Å². The van der Waals surface area contributed by atoms with Crippen LogP contribution in [0.5, 0.6) is 0 Å². The number of hydrogen-bond donors (Lipinski definition) is 0. The lowest BCUT2D eigenvalue weighted by Gasteiger charge is -2.31. The van der Waals surface area contributed by atoms with Crippen molar-refractivity contribution in [3.8, 4) is 0 Å². The van der Waals surface area contributed by atoms with Gasteiger partial charge in [0, 0.05) is 0 Å². The van der Waals surface area contributed by atoms with Crippen molar-refractivity contribution in [1.29, 1.82) is 0 Å². The van der Waals surface area contributed by atoms with Crippen LogP contribution < -0.4 is 0 Å². The SMILES string of the molecule is C1CC2CC1C1C3CCC(O3)C21. The molecule has 2 aliphatic carbocycles. The maximum Gasteiger partial charge on any atom is 0.0614 e. The fraction of sp³-hybridized carbons (Fsp3) is 1.00. The standard InChI is InChI=1S/C11H16O/c1-2-7-5-6(1)10-8-3-4-9(12-8)11(7)10/h6-11H,1-5H2. The van der Waals surface area contributed by atoms with Gasteiger partial charge in [0.25, 0.3) is 0 Å². The average molecular weight is 164 g/mol. The van der Waals surface area contributed by atoms with Crippen molar-refractivity contribution in [2.45, 2.75) is 44.3 Å². The van der Waals surface area contributed by atoms with Gasteiger partial charge in [0.15, 0.2) is 0 Å². The summed E-state index contributed by atoms with van der Waals surface area (Å²) >= 11 is 0. The summed E-state index contributed by atoms with van der Waals surface area (Å²) in [6, 6.07) is 0. The molecule has 2 heterocycles.